The molecule has 3 aliphatic heterocycles. The van der Waals surface area contributed by atoms with Gasteiger partial charge in [-0.2, -0.15) is 0 Å². The fourth-order valence-corrected chi connectivity index (χ4v) is 3.47. The minimum Gasteiger partial charge on any atom is -0.485 e. The molecule has 3 aliphatic rings. The van der Waals surface area contributed by atoms with E-state index in [9.17, 15) is 9.59 Å². The van der Waals surface area contributed by atoms with E-state index in [0.717, 1.165) is 12.8 Å². The maximum atomic E-state index is 12.7. The third-order valence-electron chi connectivity index (χ3n) is 4.89. The highest BCUT2D eigenvalue weighted by Gasteiger charge is 2.35. The summed E-state index contributed by atoms with van der Waals surface area (Å²) in [5.74, 6) is 1.23. The number of piperazine rings is 1. The van der Waals surface area contributed by atoms with E-state index in [2.05, 4.69) is 0 Å². The van der Waals surface area contributed by atoms with Gasteiger partial charge in [-0.05, 0) is 25.0 Å². The highest BCUT2D eigenvalue weighted by Crippen LogP contribution is 2.31. The summed E-state index contributed by atoms with van der Waals surface area (Å²) in [6.07, 6.45) is 0.809. The van der Waals surface area contributed by atoms with Crippen molar-refractivity contribution in [3.63, 3.8) is 0 Å². The molecule has 0 spiro atoms. The summed E-state index contributed by atoms with van der Waals surface area (Å²) in [4.78, 5) is 28.6. The van der Waals surface area contributed by atoms with Crippen molar-refractivity contribution in [1.29, 1.82) is 0 Å². The molecule has 0 aromatic heterocycles. The summed E-state index contributed by atoms with van der Waals surface area (Å²) in [5.41, 5.74) is 0. The van der Waals surface area contributed by atoms with Crippen LogP contribution in [0.25, 0.3) is 0 Å². The Kier molecular flexibility index (Phi) is 4.48. The largest absolute Gasteiger partial charge is 0.485 e. The zero-order valence-electron chi connectivity index (χ0n) is 14.1. The van der Waals surface area contributed by atoms with Crippen LogP contribution in [0.4, 0.5) is 0 Å². The Morgan fingerprint density at radius 2 is 1.56 bits per heavy atom. The van der Waals surface area contributed by atoms with E-state index in [-0.39, 0.29) is 24.5 Å². The first kappa shape index (κ1) is 16.2. The molecule has 2 saturated heterocycles. The van der Waals surface area contributed by atoms with Crippen LogP contribution < -0.4 is 9.47 Å². The van der Waals surface area contributed by atoms with E-state index >= 15 is 0 Å². The van der Waals surface area contributed by atoms with Crippen LogP contribution in [0.2, 0.25) is 0 Å². The maximum Gasteiger partial charge on any atom is 0.267 e. The highest BCUT2D eigenvalue weighted by molar-refractivity contribution is 5.83. The number of nitrogens with zero attached hydrogens (tertiary/aromatic N) is 2. The lowest BCUT2D eigenvalue weighted by Crippen LogP contribution is -2.56. The molecule has 0 aliphatic carbocycles. The number of fused-ring (bicyclic) bond motifs is 1. The number of carbonyl (C=O) groups is 2. The van der Waals surface area contributed by atoms with Crippen molar-refractivity contribution >= 4 is 11.8 Å². The van der Waals surface area contributed by atoms with E-state index in [1.54, 1.807) is 15.9 Å². The van der Waals surface area contributed by atoms with Crippen LogP contribution in [-0.4, -0.2) is 73.2 Å². The molecule has 0 unspecified atom stereocenters. The molecule has 0 N–H and O–H groups in total. The minimum absolute atomic E-state index is 0.0516. The summed E-state index contributed by atoms with van der Waals surface area (Å²) in [6.45, 7) is 2.97. The topological polar surface area (TPSA) is 68.3 Å². The zero-order valence-corrected chi connectivity index (χ0v) is 14.1. The molecule has 1 aromatic rings. The van der Waals surface area contributed by atoms with Crippen LogP contribution in [0, 0.1) is 0 Å². The molecule has 2 amide bonds. The molecule has 1 aromatic carbocycles. The Hall–Kier alpha value is -2.28. The SMILES string of the molecule is O=C([C@H]1CCCO1)N1CCN(C(=O)[C@H]2COc3ccccc3O2)CC1. The molecule has 0 radical (unpaired) electrons. The standard InChI is InChI=1S/C18H22N2O5/c21-17(15-6-3-11-23-15)19-7-9-20(10-8-19)18(22)16-12-24-13-4-1-2-5-14(13)25-16/h1-2,4-5,15-16H,3,6-12H2/t15-,16-/m1/s1. The van der Waals surface area contributed by atoms with Gasteiger partial charge in [0, 0.05) is 32.8 Å². The molecular weight excluding hydrogens is 324 g/mol. The summed E-state index contributed by atoms with van der Waals surface area (Å²) in [5, 5.41) is 0. The molecule has 2 atom stereocenters. The Bertz CT molecular complexity index is 651. The normalized spacial score (nSPS) is 25.8. The van der Waals surface area contributed by atoms with Gasteiger partial charge in [-0.15, -0.1) is 0 Å². The minimum atomic E-state index is -0.629. The second-order valence-electron chi connectivity index (χ2n) is 6.52. The van der Waals surface area contributed by atoms with Crippen LogP contribution in [0.15, 0.2) is 24.3 Å². The van der Waals surface area contributed by atoms with Gasteiger partial charge in [-0.3, -0.25) is 9.59 Å². The van der Waals surface area contributed by atoms with Gasteiger partial charge in [0.05, 0.1) is 0 Å². The van der Waals surface area contributed by atoms with Gasteiger partial charge in [0.1, 0.15) is 12.7 Å². The van der Waals surface area contributed by atoms with Crippen molar-refractivity contribution in [3.8, 4) is 11.5 Å². The number of amides is 2. The first-order valence-corrected chi connectivity index (χ1v) is 8.80. The van der Waals surface area contributed by atoms with Crippen LogP contribution in [-0.2, 0) is 14.3 Å². The molecular formula is C18H22N2O5. The van der Waals surface area contributed by atoms with E-state index < -0.39 is 6.10 Å². The molecule has 2 fully saturated rings. The number of para-hydroxylation sites is 2. The fourth-order valence-electron chi connectivity index (χ4n) is 3.47. The Labute approximate surface area is 146 Å². The van der Waals surface area contributed by atoms with Crippen molar-refractivity contribution in [1.82, 2.24) is 9.80 Å². The number of rotatable bonds is 2. The van der Waals surface area contributed by atoms with Crippen LogP contribution >= 0.6 is 0 Å². The van der Waals surface area contributed by atoms with Gasteiger partial charge in [0.2, 0.25) is 6.10 Å². The fraction of sp³-hybridized carbons (Fsp3) is 0.556. The van der Waals surface area contributed by atoms with Crippen molar-refractivity contribution in [2.45, 2.75) is 25.0 Å². The third-order valence-corrected chi connectivity index (χ3v) is 4.89. The average Bonchev–Trinajstić information content (AvgIpc) is 3.21. The van der Waals surface area contributed by atoms with E-state index in [1.165, 1.54) is 0 Å². The summed E-state index contributed by atoms with van der Waals surface area (Å²) >= 11 is 0. The van der Waals surface area contributed by atoms with Crippen molar-refractivity contribution in [3.05, 3.63) is 24.3 Å². The summed E-state index contributed by atoms with van der Waals surface area (Å²) in [7, 11) is 0. The first-order valence-electron chi connectivity index (χ1n) is 8.80. The maximum absolute atomic E-state index is 12.7. The molecule has 3 heterocycles. The number of hydrogen-bond acceptors (Lipinski definition) is 5. The Morgan fingerprint density at radius 1 is 0.920 bits per heavy atom. The number of hydrogen-bond donors (Lipinski definition) is 0. The predicted molar refractivity (Wildman–Crippen MR) is 88.5 cm³/mol. The van der Waals surface area contributed by atoms with Crippen molar-refractivity contribution < 1.29 is 23.8 Å². The number of ether oxygens (including phenoxy) is 3. The van der Waals surface area contributed by atoms with Crippen molar-refractivity contribution in [2.75, 3.05) is 39.4 Å². The smallest absolute Gasteiger partial charge is 0.267 e. The molecule has 25 heavy (non-hydrogen) atoms. The zero-order chi connectivity index (χ0) is 17.2. The average molecular weight is 346 g/mol. The quantitative estimate of drug-likeness (QED) is 0.788. The van der Waals surface area contributed by atoms with Crippen LogP contribution in [0.3, 0.4) is 0 Å². The molecule has 0 bridgehead atoms. The monoisotopic (exact) mass is 346 g/mol. The Morgan fingerprint density at radius 3 is 2.20 bits per heavy atom. The second kappa shape index (κ2) is 6.92. The summed E-state index contributed by atoms with van der Waals surface area (Å²) < 4.78 is 16.9. The van der Waals surface area contributed by atoms with E-state index in [1.807, 2.05) is 18.2 Å². The Balaban J connectivity index is 1.32. The lowest BCUT2D eigenvalue weighted by molar-refractivity contribution is -0.149. The second-order valence-corrected chi connectivity index (χ2v) is 6.52. The van der Waals surface area contributed by atoms with Gasteiger partial charge >= 0.3 is 0 Å². The van der Waals surface area contributed by atoms with Crippen LogP contribution in [0.1, 0.15) is 12.8 Å². The lowest BCUT2D eigenvalue weighted by atomic mass is 10.2. The number of carbonyl (C=O) groups excluding carboxylic acids is 2. The molecule has 4 rings (SSSR count). The highest BCUT2D eigenvalue weighted by atomic mass is 16.6. The molecule has 7 heteroatoms. The molecule has 134 valence electrons. The van der Waals surface area contributed by atoms with Crippen LogP contribution in [0.5, 0.6) is 11.5 Å². The molecule has 0 saturated carbocycles. The van der Waals surface area contributed by atoms with Crippen molar-refractivity contribution in [2.24, 2.45) is 0 Å². The predicted octanol–water partition coefficient (Wildman–Crippen LogP) is 0.676. The summed E-state index contributed by atoms with van der Waals surface area (Å²) in [6, 6.07) is 7.34. The van der Waals surface area contributed by atoms with Gasteiger partial charge in [-0.25, -0.2) is 0 Å². The van der Waals surface area contributed by atoms with Gasteiger partial charge in [-0.1, -0.05) is 12.1 Å². The van der Waals surface area contributed by atoms with Gasteiger partial charge in [0.15, 0.2) is 11.5 Å². The lowest BCUT2D eigenvalue weighted by Gasteiger charge is -2.37. The van der Waals surface area contributed by atoms with E-state index in [4.69, 9.17) is 14.2 Å². The number of benzene rings is 1. The first-order chi connectivity index (χ1) is 12.2. The third kappa shape index (κ3) is 3.28. The van der Waals surface area contributed by atoms with Gasteiger partial charge in [0.25, 0.3) is 11.8 Å². The molecule has 7 nitrogen and oxygen atoms in total. The van der Waals surface area contributed by atoms with Gasteiger partial charge < -0.3 is 24.0 Å². The van der Waals surface area contributed by atoms with E-state index in [0.29, 0.717) is 44.3 Å².